The maximum Gasteiger partial charge on any atom is 0.217 e. The lowest BCUT2D eigenvalue weighted by Crippen LogP contribution is -2.41. The van der Waals surface area contributed by atoms with Crippen molar-refractivity contribution in [2.24, 2.45) is 11.7 Å². The number of hydrogen-bond donors (Lipinski definition) is 1. The standard InChI is InChI=1S/C11H19N3O/c1-2-10(8-12)14-5-3-9(4-6-14)7-11(13)15/h9-10H,2-7H2,1H3,(H2,13,15). The van der Waals surface area contributed by atoms with Gasteiger partial charge in [-0.2, -0.15) is 5.26 Å². The van der Waals surface area contributed by atoms with Crippen molar-refractivity contribution in [2.45, 2.75) is 38.6 Å². The normalized spacial score (nSPS) is 20.8. The molecule has 1 amide bonds. The monoisotopic (exact) mass is 209 g/mol. The summed E-state index contributed by atoms with van der Waals surface area (Å²) in [6.07, 6.45) is 3.34. The zero-order valence-corrected chi connectivity index (χ0v) is 9.28. The number of nitriles is 1. The molecule has 2 N–H and O–H groups in total. The molecule has 0 aromatic carbocycles. The van der Waals surface area contributed by atoms with Crippen molar-refractivity contribution in [3.8, 4) is 6.07 Å². The van der Waals surface area contributed by atoms with E-state index in [4.69, 9.17) is 11.0 Å². The average Bonchev–Trinajstić information content (AvgIpc) is 2.21. The fourth-order valence-corrected chi connectivity index (χ4v) is 2.18. The number of primary amides is 1. The summed E-state index contributed by atoms with van der Waals surface area (Å²) < 4.78 is 0. The molecular weight excluding hydrogens is 190 g/mol. The molecule has 15 heavy (non-hydrogen) atoms. The van der Waals surface area contributed by atoms with E-state index in [1.165, 1.54) is 0 Å². The summed E-state index contributed by atoms with van der Waals surface area (Å²) in [7, 11) is 0. The van der Waals surface area contributed by atoms with Gasteiger partial charge in [-0.1, -0.05) is 6.92 Å². The molecule has 1 heterocycles. The van der Waals surface area contributed by atoms with Crippen LogP contribution in [-0.4, -0.2) is 29.9 Å². The molecule has 1 unspecified atom stereocenters. The molecule has 4 nitrogen and oxygen atoms in total. The molecule has 0 aromatic rings. The molecule has 1 atom stereocenters. The van der Waals surface area contributed by atoms with Crippen LogP contribution < -0.4 is 5.73 Å². The number of nitrogens with two attached hydrogens (primary N) is 1. The summed E-state index contributed by atoms with van der Waals surface area (Å²) in [5.41, 5.74) is 5.17. The second-order valence-corrected chi connectivity index (χ2v) is 4.20. The Bertz CT molecular complexity index is 251. The molecule has 0 spiro atoms. The first-order chi connectivity index (χ1) is 7.17. The SMILES string of the molecule is CCC(C#N)N1CCC(CC(N)=O)CC1. The maximum absolute atomic E-state index is 10.8. The molecule has 1 saturated heterocycles. The minimum absolute atomic E-state index is 0.0412. The Labute approximate surface area is 91.0 Å². The van der Waals surface area contributed by atoms with Crippen molar-refractivity contribution in [1.29, 1.82) is 5.26 Å². The maximum atomic E-state index is 10.8. The first kappa shape index (κ1) is 12.0. The third-order valence-electron chi connectivity index (χ3n) is 3.12. The Hall–Kier alpha value is -1.08. The minimum atomic E-state index is -0.208. The number of amides is 1. The van der Waals surface area contributed by atoms with E-state index in [0.29, 0.717) is 12.3 Å². The van der Waals surface area contributed by atoms with Crippen LogP contribution in [0.1, 0.15) is 32.6 Å². The summed E-state index contributed by atoms with van der Waals surface area (Å²) in [5.74, 6) is 0.218. The average molecular weight is 209 g/mol. The molecular formula is C11H19N3O. The highest BCUT2D eigenvalue weighted by Gasteiger charge is 2.24. The van der Waals surface area contributed by atoms with Crippen LogP contribution in [0, 0.1) is 17.2 Å². The van der Waals surface area contributed by atoms with E-state index in [0.717, 1.165) is 32.4 Å². The summed E-state index contributed by atoms with van der Waals surface area (Å²) in [6.45, 7) is 3.87. The number of rotatable bonds is 4. The number of carbonyl (C=O) groups is 1. The topological polar surface area (TPSA) is 70.1 Å². The van der Waals surface area contributed by atoms with E-state index in [1.54, 1.807) is 0 Å². The van der Waals surface area contributed by atoms with Gasteiger partial charge in [0, 0.05) is 6.42 Å². The minimum Gasteiger partial charge on any atom is -0.370 e. The van der Waals surface area contributed by atoms with Gasteiger partial charge in [-0.05, 0) is 38.3 Å². The molecule has 0 bridgehead atoms. The molecule has 1 fully saturated rings. The largest absolute Gasteiger partial charge is 0.370 e. The molecule has 0 aromatic heterocycles. The first-order valence-electron chi connectivity index (χ1n) is 5.59. The van der Waals surface area contributed by atoms with Gasteiger partial charge in [0.05, 0.1) is 12.1 Å². The highest BCUT2D eigenvalue weighted by Crippen LogP contribution is 2.22. The Kier molecular flexibility index (Phi) is 4.57. The van der Waals surface area contributed by atoms with Crippen LogP contribution in [0.25, 0.3) is 0 Å². The lowest BCUT2D eigenvalue weighted by Gasteiger charge is -2.33. The summed E-state index contributed by atoms with van der Waals surface area (Å²) in [4.78, 5) is 13.0. The number of likely N-dealkylation sites (tertiary alicyclic amines) is 1. The second-order valence-electron chi connectivity index (χ2n) is 4.20. The fraction of sp³-hybridized carbons (Fsp3) is 0.818. The van der Waals surface area contributed by atoms with Gasteiger partial charge in [0.2, 0.25) is 5.91 Å². The van der Waals surface area contributed by atoms with E-state index in [9.17, 15) is 4.79 Å². The number of piperidine rings is 1. The third-order valence-corrected chi connectivity index (χ3v) is 3.12. The van der Waals surface area contributed by atoms with Crippen molar-refractivity contribution in [3.05, 3.63) is 0 Å². The summed E-state index contributed by atoms with van der Waals surface area (Å²) in [5, 5.41) is 8.92. The lowest BCUT2D eigenvalue weighted by molar-refractivity contribution is -0.119. The van der Waals surface area contributed by atoms with Gasteiger partial charge in [-0.3, -0.25) is 9.69 Å². The number of carbonyl (C=O) groups excluding carboxylic acids is 1. The predicted molar refractivity (Wildman–Crippen MR) is 57.8 cm³/mol. The smallest absolute Gasteiger partial charge is 0.217 e. The Morgan fingerprint density at radius 3 is 2.60 bits per heavy atom. The molecule has 4 heteroatoms. The van der Waals surface area contributed by atoms with Gasteiger partial charge in [0.25, 0.3) is 0 Å². The van der Waals surface area contributed by atoms with E-state index in [-0.39, 0.29) is 11.9 Å². The molecule has 0 radical (unpaired) electrons. The summed E-state index contributed by atoms with van der Waals surface area (Å²) in [6, 6.07) is 2.35. The molecule has 1 aliphatic heterocycles. The highest BCUT2D eigenvalue weighted by atomic mass is 16.1. The number of nitrogens with zero attached hydrogens (tertiary/aromatic N) is 2. The van der Waals surface area contributed by atoms with Crippen LogP contribution in [0.15, 0.2) is 0 Å². The van der Waals surface area contributed by atoms with E-state index >= 15 is 0 Å². The summed E-state index contributed by atoms with van der Waals surface area (Å²) >= 11 is 0. The van der Waals surface area contributed by atoms with Gasteiger partial charge in [-0.25, -0.2) is 0 Å². The Balaban J connectivity index is 2.35. The van der Waals surface area contributed by atoms with Gasteiger partial charge in [0.15, 0.2) is 0 Å². The van der Waals surface area contributed by atoms with Crippen molar-refractivity contribution >= 4 is 5.91 Å². The van der Waals surface area contributed by atoms with Crippen LogP contribution in [0.3, 0.4) is 0 Å². The fourth-order valence-electron chi connectivity index (χ4n) is 2.18. The van der Waals surface area contributed by atoms with E-state index < -0.39 is 0 Å². The number of hydrogen-bond acceptors (Lipinski definition) is 3. The predicted octanol–water partition coefficient (Wildman–Crippen LogP) is 0.876. The zero-order valence-electron chi connectivity index (χ0n) is 9.28. The Morgan fingerprint density at radius 2 is 2.20 bits per heavy atom. The van der Waals surface area contributed by atoms with E-state index in [2.05, 4.69) is 11.0 Å². The van der Waals surface area contributed by atoms with E-state index in [1.807, 2.05) is 6.92 Å². The van der Waals surface area contributed by atoms with Crippen LogP contribution in [0.4, 0.5) is 0 Å². The first-order valence-corrected chi connectivity index (χ1v) is 5.59. The van der Waals surface area contributed by atoms with Crippen LogP contribution in [0.2, 0.25) is 0 Å². The zero-order chi connectivity index (χ0) is 11.3. The second kappa shape index (κ2) is 5.72. The van der Waals surface area contributed by atoms with Crippen molar-refractivity contribution in [1.82, 2.24) is 4.90 Å². The molecule has 1 aliphatic rings. The quantitative estimate of drug-likeness (QED) is 0.747. The van der Waals surface area contributed by atoms with Gasteiger partial charge in [0.1, 0.15) is 0 Å². The van der Waals surface area contributed by atoms with Crippen LogP contribution in [0.5, 0.6) is 0 Å². The van der Waals surface area contributed by atoms with Gasteiger partial charge >= 0.3 is 0 Å². The molecule has 0 saturated carbocycles. The van der Waals surface area contributed by atoms with Crippen molar-refractivity contribution < 1.29 is 4.79 Å². The Morgan fingerprint density at radius 1 is 1.60 bits per heavy atom. The highest BCUT2D eigenvalue weighted by molar-refractivity contribution is 5.73. The van der Waals surface area contributed by atoms with Crippen molar-refractivity contribution in [3.63, 3.8) is 0 Å². The van der Waals surface area contributed by atoms with Gasteiger partial charge in [-0.15, -0.1) is 0 Å². The lowest BCUT2D eigenvalue weighted by atomic mass is 9.92. The van der Waals surface area contributed by atoms with Crippen LogP contribution in [-0.2, 0) is 4.79 Å². The van der Waals surface area contributed by atoms with Crippen LogP contribution >= 0.6 is 0 Å². The molecule has 0 aliphatic carbocycles. The third kappa shape index (κ3) is 3.52. The molecule has 1 rings (SSSR count). The molecule has 84 valence electrons. The van der Waals surface area contributed by atoms with Crippen molar-refractivity contribution in [2.75, 3.05) is 13.1 Å². The van der Waals surface area contributed by atoms with Gasteiger partial charge < -0.3 is 5.73 Å².